The molecule has 0 radical (unpaired) electrons. The minimum atomic E-state index is -0.332. The third kappa shape index (κ3) is 5.92. The van der Waals surface area contributed by atoms with Crippen LogP contribution in [0.25, 0.3) is 0 Å². The minimum Gasteiger partial charge on any atom is -0.309 e. The average molecular weight is 122 g/mol. The number of carbonyl (C=O) groups excluding carboxylic acids is 1. The summed E-state index contributed by atoms with van der Waals surface area (Å²) in [5.41, 5.74) is 0. The third-order valence-corrected chi connectivity index (χ3v) is 0.648. The van der Waals surface area contributed by atoms with Crippen LogP contribution >= 0.6 is 11.6 Å². The summed E-state index contributed by atoms with van der Waals surface area (Å²) in [6.07, 6.45) is 0. The van der Waals surface area contributed by atoms with Crippen molar-refractivity contribution < 1.29 is 4.79 Å². The second-order valence-electron chi connectivity index (χ2n) is 1.14. The predicted molar refractivity (Wildman–Crippen MR) is 29.4 cm³/mol. The Labute approximate surface area is 47.8 Å². The summed E-state index contributed by atoms with van der Waals surface area (Å²) in [5, 5.41) is 2.43. The lowest BCUT2D eigenvalue weighted by molar-refractivity contribution is -0.110. The van der Waals surface area contributed by atoms with Crippen molar-refractivity contribution in [3.8, 4) is 0 Å². The Balaban J connectivity index is 2.82. The Bertz CT molecular complexity index is 64.7. The third-order valence-electron chi connectivity index (χ3n) is 0.514. The first kappa shape index (κ1) is 6.92. The Morgan fingerprint density at radius 3 is 2.57 bits per heavy atom. The van der Waals surface area contributed by atoms with Crippen LogP contribution in [0.15, 0.2) is 0 Å². The summed E-state index contributed by atoms with van der Waals surface area (Å²) < 4.78 is 0. The van der Waals surface area contributed by atoms with Gasteiger partial charge in [-0.1, -0.05) is 6.92 Å². The number of nitrogens with one attached hydrogen (secondary N) is 1. The molecule has 0 heterocycles. The molecular weight excluding hydrogens is 114 g/mol. The highest BCUT2D eigenvalue weighted by Crippen LogP contribution is 1.72. The number of hydrogen-bond donors (Lipinski definition) is 1. The number of likely N-dealkylation sites (N-methyl/N-ethyl adjacent to an activating group) is 1. The quantitative estimate of drug-likeness (QED) is 0.547. The second kappa shape index (κ2) is 4.09. The molecule has 3 heteroatoms. The summed E-state index contributed by atoms with van der Waals surface area (Å²) >= 11 is 4.96. The highest BCUT2D eigenvalue weighted by molar-refractivity contribution is 6.64. The van der Waals surface area contributed by atoms with Crippen molar-refractivity contribution in [2.75, 3.05) is 13.1 Å². The van der Waals surface area contributed by atoms with Crippen LogP contribution in [0.4, 0.5) is 0 Å². The Kier molecular flexibility index (Phi) is 4.04. The number of rotatable bonds is 3. The molecule has 0 unspecified atom stereocenters. The van der Waals surface area contributed by atoms with Crippen LogP contribution in [0.1, 0.15) is 6.92 Å². The van der Waals surface area contributed by atoms with Crippen LogP contribution in [0, 0.1) is 0 Å². The molecule has 0 aromatic carbocycles. The van der Waals surface area contributed by atoms with E-state index in [4.69, 9.17) is 11.6 Å². The van der Waals surface area contributed by atoms with Gasteiger partial charge in [0.2, 0.25) is 5.24 Å². The van der Waals surface area contributed by atoms with E-state index in [2.05, 4.69) is 5.32 Å². The Morgan fingerprint density at radius 1 is 1.86 bits per heavy atom. The SMILES string of the molecule is CCNCC(=O)Cl. The fourth-order valence-electron chi connectivity index (χ4n) is 0.223. The summed E-state index contributed by atoms with van der Waals surface area (Å²) in [5.74, 6) is 0. The molecule has 0 aliphatic heterocycles. The molecule has 0 atom stereocenters. The van der Waals surface area contributed by atoms with E-state index in [9.17, 15) is 4.79 Å². The van der Waals surface area contributed by atoms with E-state index < -0.39 is 0 Å². The van der Waals surface area contributed by atoms with Gasteiger partial charge in [0.1, 0.15) is 0 Å². The van der Waals surface area contributed by atoms with Gasteiger partial charge in [-0.05, 0) is 18.1 Å². The molecule has 0 bridgehead atoms. The van der Waals surface area contributed by atoms with E-state index in [1.165, 1.54) is 0 Å². The smallest absolute Gasteiger partial charge is 0.235 e. The highest BCUT2D eigenvalue weighted by atomic mass is 35.5. The summed E-state index contributed by atoms with van der Waals surface area (Å²) in [6.45, 7) is 2.98. The van der Waals surface area contributed by atoms with Crippen LogP contribution in [0.5, 0.6) is 0 Å². The van der Waals surface area contributed by atoms with E-state index in [-0.39, 0.29) is 11.8 Å². The van der Waals surface area contributed by atoms with Crippen molar-refractivity contribution >= 4 is 16.8 Å². The van der Waals surface area contributed by atoms with Gasteiger partial charge in [0, 0.05) is 0 Å². The number of carbonyl (C=O) groups is 1. The molecular formula is C4H8ClNO. The van der Waals surface area contributed by atoms with E-state index in [1.54, 1.807) is 0 Å². The van der Waals surface area contributed by atoms with Gasteiger partial charge in [-0.2, -0.15) is 0 Å². The predicted octanol–water partition coefficient (Wildman–Crippen LogP) is 0.361. The lowest BCUT2D eigenvalue weighted by atomic mass is 10.6. The zero-order valence-electron chi connectivity index (χ0n) is 4.20. The molecule has 0 fully saturated rings. The molecule has 0 spiro atoms. The van der Waals surface area contributed by atoms with Gasteiger partial charge in [0.15, 0.2) is 0 Å². The standard InChI is InChI=1S/C4H8ClNO/c1-2-6-3-4(5)7/h6H,2-3H2,1H3. The minimum absolute atomic E-state index is 0.276. The van der Waals surface area contributed by atoms with Gasteiger partial charge in [-0.15, -0.1) is 0 Å². The molecule has 0 saturated carbocycles. The van der Waals surface area contributed by atoms with Crippen LogP contribution in [-0.4, -0.2) is 18.3 Å². The number of hydrogen-bond acceptors (Lipinski definition) is 2. The zero-order chi connectivity index (χ0) is 5.70. The summed E-state index contributed by atoms with van der Waals surface area (Å²) in [4.78, 5) is 9.91. The van der Waals surface area contributed by atoms with Crippen molar-refractivity contribution in [3.63, 3.8) is 0 Å². The van der Waals surface area contributed by atoms with Gasteiger partial charge in [-0.25, -0.2) is 0 Å². The van der Waals surface area contributed by atoms with Crippen molar-refractivity contribution in [1.29, 1.82) is 0 Å². The monoisotopic (exact) mass is 121 g/mol. The molecule has 42 valence electrons. The first-order valence-corrected chi connectivity index (χ1v) is 2.54. The van der Waals surface area contributed by atoms with Crippen molar-refractivity contribution in [2.24, 2.45) is 0 Å². The zero-order valence-corrected chi connectivity index (χ0v) is 4.96. The normalized spacial score (nSPS) is 8.86. The van der Waals surface area contributed by atoms with E-state index in [0.29, 0.717) is 0 Å². The van der Waals surface area contributed by atoms with E-state index >= 15 is 0 Å². The van der Waals surface area contributed by atoms with Crippen molar-refractivity contribution in [2.45, 2.75) is 6.92 Å². The van der Waals surface area contributed by atoms with Crippen LogP contribution < -0.4 is 5.32 Å². The van der Waals surface area contributed by atoms with E-state index in [0.717, 1.165) is 6.54 Å². The van der Waals surface area contributed by atoms with Crippen LogP contribution in [-0.2, 0) is 4.79 Å². The molecule has 0 aromatic heterocycles. The molecule has 0 aromatic rings. The summed E-state index contributed by atoms with van der Waals surface area (Å²) in [6, 6.07) is 0. The molecule has 2 nitrogen and oxygen atoms in total. The van der Waals surface area contributed by atoms with Crippen LogP contribution in [0.2, 0.25) is 0 Å². The first-order chi connectivity index (χ1) is 3.27. The van der Waals surface area contributed by atoms with Crippen LogP contribution in [0.3, 0.4) is 0 Å². The first-order valence-electron chi connectivity index (χ1n) is 2.16. The molecule has 7 heavy (non-hydrogen) atoms. The van der Waals surface area contributed by atoms with Crippen molar-refractivity contribution in [3.05, 3.63) is 0 Å². The Hall–Kier alpha value is -0.0800. The maximum Gasteiger partial charge on any atom is 0.235 e. The number of halogens is 1. The molecule has 0 rings (SSSR count). The van der Waals surface area contributed by atoms with E-state index in [1.807, 2.05) is 6.92 Å². The molecule has 0 saturated heterocycles. The topological polar surface area (TPSA) is 29.1 Å². The highest BCUT2D eigenvalue weighted by Gasteiger charge is 1.88. The molecule has 1 N–H and O–H groups in total. The molecule has 0 aliphatic rings. The Morgan fingerprint density at radius 2 is 2.43 bits per heavy atom. The lowest BCUT2D eigenvalue weighted by Gasteiger charge is -1.89. The fraction of sp³-hybridized carbons (Fsp3) is 0.750. The summed E-state index contributed by atoms with van der Waals surface area (Å²) in [7, 11) is 0. The maximum atomic E-state index is 9.91. The molecule has 0 aliphatic carbocycles. The maximum absolute atomic E-state index is 9.91. The van der Waals surface area contributed by atoms with Gasteiger partial charge >= 0.3 is 0 Å². The second-order valence-corrected chi connectivity index (χ2v) is 1.56. The average Bonchev–Trinajstić information content (AvgIpc) is 1.61. The van der Waals surface area contributed by atoms with Gasteiger partial charge < -0.3 is 5.32 Å². The van der Waals surface area contributed by atoms with Crippen molar-refractivity contribution in [1.82, 2.24) is 5.32 Å². The van der Waals surface area contributed by atoms with Gasteiger partial charge in [0.25, 0.3) is 0 Å². The lowest BCUT2D eigenvalue weighted by Crippen LogP contribution is -2.18. The fourth-order valence-corrected chi connectivity index (χ4v) is 0.318. The van der Waals surface area contributed by atoms with Gasteiger partial charge in [-0.3, -0.25) is 4.79 Å². The largest absolute Gasteiger partial charge is 0.309 e. The van der Waals surface area contributed by atoms with Gasteiger partial charge in [0.05, 0.1) is 6.54 Å². The molecule has 0 amide bonds.